The molecule has 0 spiro atoms. The minimum Gasteiger partial charge on any atom is -0.379 e. The first-order chi connectivity index (χ1) is 11.8. The van der Waals surface area contributed by atoms with Crippen LogP contribution in [0.3, 0.4) is 0 Å². The standard InChI is InChI=1S/C19H30N4O/c1-3-20-19(23-9-8-17-6-4-5-7-18(17)23)21-14-16(2)15-22-10-12-24-13-11-22/h4-7,16H,3,8-15H2,1-2H3,(H,20,21). The SMILES string of the molecule is CCNC(=NCC(C)CN1CCOCC1)N1CCc2ccccc21. The molecule has 0 bridgehead atoms. The van der Waals surface area contributed by atoms with Gasteiger partial charge in [-0.2, -0.15) is 0 Å². The van der Waals surface area contributed by atoms with Crippen molar-refractivity contribution < 1.29 is 4.74 Å². The molecule has 1 aromatic carbocycles. The zero-order valence-corrected chi connectivity index (χ0v) is 15.0. The number of fused-ring (bicyclic) bond motifs is 1. The van der Waals surface area contributed by atoms with Gasteiger partial charge in [0, 0.05) is 45.0 Å². The molecule has 2 aliphatic heterocycles. The van der Waals surface area contributed by atoms with E-state index in [1.807, 2.05) is 0 Å². The molecule has 0 radical (unpaired) electrons. The molecule has 1 saturated heterocycles. The fraction of sp³-hybridized carbons (Fsp3) is 0.632. The minimum atomic E-state index is 0.551. The number of rotatable bonds is 5. The number of morpholine rings is 1. The summed E-state index contributed by atoms with van der Waals surface area (Å²) in [5.74, 6) is 1.57. The summed E-state index contributed by atoms with van der Waals surface area (Å²) in [4.78, 5) is 9.75. The monoisotopic (exact) mass is 330 g/mol. The van der Waals surface area contributed by atoms with Gasteiger partial charge < -0.3 is 15.0 Å². The van der Waals surface area contributed by atoms with Gasteiger partial charge in [0.25, 0.3) is 0 Å². The first-order valence-electron chi connectivity index (χ1n) is 9.21. The van der Waals surface area contributed by atoms with Gasteiger partial charge in [0.15, 0.2) is 5.96 Å². The highest BCUT2D eigenvalue weighted by Crippen LogP contribution is 2.27. The van der Waals surface area contributed by atoms with Crippen LogP contribution < -0.4 is 10.2 Å². The first kappa shape index (κ1) is 17.2. The van der Waals surface area contributed by atoms with Crippen LogP contribution >= 0.6 is 0 Å². The molecular formula is C19H30N4O. The molecule has 132 valence electrons. The van der Waals surface area contributed by atoms with Gasteiger partial charge in [-0.25, -0.2) is 0 Å². The average molecular weight is 330 g/mol. The molecular weight excluding hydrogens is 300 g/mol. The summed E-state index contributed by atoms with van der Waals surface area (Å²) in [5, 5.41) is 3.47. The Labute approximate surface area is 145 Å². The number of para-hydroxylation sites is 1. The van der Waals surface area contributed by atoms with Crippen molar-refractivity contribution in [2.75, 3.05) is 57.4 Å². The maximum Gasteiger partial charge on any atom is 0.198 e. The number of aliphatic imine (C=N–C) groups is 1. The van der Waals surface area contributed by atoms with Crippen LogP contribution in [0.1, 0.15) is 19.4 Å². The molecule has 0 amide bonds. The summed E-state index contributed by atoms with van der Waals surface area (Å²) >= 11 is 0. The van der Waals surface area contributed by atoms with E-state index in [-0.39, 0.29) is 0 Å². The molecule has 5 nitrogen and oxygen atoms in total. The van der Waals surface area contributed by atoms with E-state index in [9.17, 15) is 0 Å². The fourth-order valence-corrected chi connectivity index (χ4v) is 3.48. The number of guanidine groups is 1. The van der Waals surface area contributed by atoms with Crippen molar-refractivity contribution in [2.45, 2.75) is 20.3 Å². The largest absolute Gasteiger partial charge is 0.379 e. The maximum absolute atomic E-state index is 5.43. The highest BCUT2D eigenvalue weighted by Gasteiger charge is 2.22. The quantitative estimate of drug-likeness (QED) is 0.662. The van der Waals surface area contributed by atoms with Crippen LogP contribution in [-0.4, -0.2) is 63.3 Å². The third kappa shape index (κ3) is 4.28. The Morgan fingerprint density at radius 1 is 1.25 bits per heavy atom. The van der Waals surface area contributed by atoms with Crippen LogP contribution in [0.5, 0.6) is 0 Å². The van der Waals surface area contributed by atoms with Crippen molar-refractivity contribution in [3.05, 3.63) is 29.8 Å². The number of anilines is 1. The lowest BCUT2D eigenvalue weighted by Crippen LogP contribution is -2.42. The van der Waals surface area contributed by atoms with E-state index in [4.69, 9.17) is 9.73 Å². The van der Waals surface area contributed by atoms with E-state index in [0.717, 1.165) is 64.9 Å². The molecule has 0 saturated carbocycles. The van der Waals surface area contributed by atoms with Crippen molar-refractivity contribution >= 4 is 11.6 Å². The second-order valence-electron chi connectivity index (χ2n) is 6.74. The Bertz CT molecular complexity index is 554. The smallest absolute Gasteiger partial charge is 0.198 e. The zero-order valence-electron chi connectivity index (χ0n) is 15.0. The van der Waals surface area contributed by atoms with Gasteiger partial charge >= 0.3 is 0 Å². The van der Waals surface area contributed by atoms with Gasteiger partial charge in [0.05, 0.1) is 13.2 Å². The Balaban J connectivity index is 1.61. The van der Waals surface area contributed by atoms with Crippen molar-refractivity contribution in [1.29, 1.82) is 0 Å². The molecule has 2 heterocycles. The summed E-state index contributed by atoms with van der Waals surface area (Å²) in [7, 11) is 0. The predicted octanol–water partition coefficient (Wildman–Crippen LogP) is 1.98. The third-order valence-electron chi connectivity index (χ3n) is 4.70. The minimum absolute atomic E-state index is 0.551. The zero-order chi connectivity index (χ0) is 16.8. The van der Waals surface area contributed by atoms with Crippen molar-refractivity contribution in [3.63, 3.8) is 0 Å². The number of nitrogens with zero attached hydrogens (tertiary/aromatic N) is 3. The van der Waals surface area contributed by atoms with E-state index < -0.39 is 0 Å². The molecule has 1 atom stereocenters. The molecule has 1 fully saturated rings. The molecule has 0 aliphatic carbocycles. The van der Waals surface area contributed by atoms with E-state index >= 15 is 0 Å². The summed E-state index contributed by atoms with van der Waals surface area (Å²) in [6.45, 7) is 12.1. The summed E-state index contributed by atoms with van der Waals surface area (Å²) < 4.78 is 5.43. The molecule has 1 unspecified atom stereocenters. The Kier molecular flexibility index (Phi) is 6.10. The molecule has 24 heavy (non-hydrogen) atoms. The number of benzene rings is 1. The van der Waals surface area contributed by atoms with Gasteiger partial charge in [-0.05, 0) is 30.9 Å². The van der Waals surface area contributed by atoms with Crippen LogP contribution in [0.2, 0.25) is 0 Å². The Hall–Kier alpha value is -1.59. The number of hydrogen-bond acceptors (Lipinski definition) is 3. The molecule has 1 N–H and O–H groups in total. The molecule has 5 heteroatoms. The van der Waals surface area contributed by atoms with Crippen LogP contribution in [0, 0.1) is 5.92 Å². The van der Waals surface area contributed by atoms with Crippen molar-refractivity contribution in [2.24, 2.45) is 10.9 Å². The number of nitrogens with one attached hydrogen (secondary N) is 1. The second-order valence-corrected chi connectivity index (χ2v) is 6.74. The van der Waals surface area contributed by atoms with Gasteiger partial charge in [-0.3, -0.25) is 9.89 Å². The lowest BCUT2D eigenvalue weighted by molar-refractivity contribution is 0.0323. The third-order valence-corrected chi connectivity index (χ3v) is 4.70. The van der Waals surface area contributed by atoms with Crippen molar-refractivity contribution in [3.8, 4) is 0 Å². The highest BCUT2D eigenvalue weighted by molar-refractivity contribution is 5.97. The van der Waals surface area contributed by atoms with Crippen LogP contribution in [0.25, 0.3) is 0 Å². The summed E-state index contributed by atoms with van der Waals surface area (Å²) in [5.41, 5.74) is 2.72. The average Bonchev–Trinajstić information content (AvgIpc) is 3.03. The van der Waals surface area contributed by atoms with Gasteiger partial charge in [0.1, 0.15) is 0 Å². The highest BCUT2D eigenvalue weighted by atomic mass is 16.5. The van der Waals surface area contributed by atoms with E-state index in [0.29, 0.717) is 5.92 Å². The summed E-state index contributed by atoms with van der Waals surface area (Å²) in [6, 6.07) is 8.66. The van der Waals surface area contributed by atoms with Crippen LogP contribution in [0.15, 0.2) is 29.3 Å². The van der Waals surface area contributed by atoms with E-state index in [1.54, 1.807) is 0 Å². The molecule has 2 aliphatic rings. The van der Waals surface area contributed by atoms with Crippen molar-refractivity contribution in [1.82, 2.24) is 10.2 Å². The lowest BCUT2D eigenvalue weighted by Gasteiger charge is -2.29. The molecule has 1 aromatic rings. The second kappa shape index (κ2) is 8.49. The van der Waals surface area contributed by atoms with Gasteiger partial charge in [-0.1, -0.05) is 25.1 Å². The van der Waals surface area contributed by atoms with Crippen LogP contribution in [-0.2, 0) is 11.2 Å². The predicted molar refractivity (Wildman–Crippen MR) is 99.9 cm³/mol. The van der Waals surface area contributed by atoms with E-state index in [1.165, 1.54) is 11.3 Å². The first-order valence-corrected chi connectivity index (χ1v) is 9.21. The maximum atomic E-state index is 5.43. The normalized spacial score (nSPS) is 20.1. The molecule has 3 rings (SSSR count). The molecule has 0 aromatic heterocycles. The Morgan fingerprint density at radius 3 is 2.83 bits per heavy atom. The number of ether oxygens (including phenoxy) is 1. The Morgan fingerprint density at radius 2 is 2.04 bits per heavy atom. The van der Waals surface area contributed by atoms with E-state index in [2.05, 4.69) is 53.2 Å². The summed E-state index contributed by atoms with van der Waals surface area (Å²) in [6.07, 6.45) is 1.10. The topological polar surface area (TPSA) is 40.1 Å². The van der Waals surface area contributed by atoms with Gasteiger partial charge in [0.2, 0.25) is 0 Å². The van der Waals surface area contributed by atoms with Crippen LogP contribution in [0.4, 0.5) is 5.69 Å². The fourth-order valence-electron chi connectivity index (χ4n) is 3.48. The lowest BCUT2D eigenvalue weighted by atomic mass is 10.1. The number of hydrogen-bond donors (Lipinski definition) is 1. The van der Waals surface area contributed by atoms with Gasteiger partial charge in [-0.15, -0.1) is 0 Å².